The molecule has 0 unspecified atom stereocenters. The maximum Gasteiger partial charge on any atom is 0.166 e. The van der Waals surface area contributed by atoms with Crippen LogP contribution in [0.5, 0.6) is 0 Å². The average Bonchev–Trinajstić information content (AvgIpc) is 3.24. The van der Waals surface area contributed by atoms with Crippen molar-refractivity contribution in [1.82, 2.24) is 4.90 Å². The smallest absolute Gasteiger partial charge is 0.166 e. The van der Waals surface area contributed by atoms with Gasteiger partial charge in [0.15, 0.2) is 5.78 Å². The fourth-order valence-electron chi connectivity index (χ4n) is 2.46. The lowest BCUT2D eigenvalue weighted by Gasteiger charge is -2.27. The van der Waals surface area contributed by atoms with E-state index in [1.165, 1.54) is 5.56 Å². The van der Waals surface area contributed by atoms with Gasteiger partial charge in [-0.05, 0) is 18.4 Å². The molecule has 1 aliphatic carbocycles. The maximum absolute atomic E-state index is 12.2. The van der Waals surface area contributed by atoms with E-state index in [1.54, 1.807) is 0 Å². The molecule has 2 fully saturated rings. The van der Waals surface area contributed by atoms with E-state index in [9.17, 15) is 4.79 Å². The van der Waals surface area contributed by atoms with Crippen molar-refractivity contribution in [1.29, 1.82) is 0 Å². The molecule has 1 aromatic rings. The Kier molecular flexibility index (Phi) is 3.43. The van der Waals surface area contributed by atoms with Crippen LogP contribution in [0.25, 0.3) is 0 Å². The van der Waals surface area contributed by atoms with Crippen LogP contribution in [0.4, 0.5) is 0 Å². The topological polar surface area (TPSA) is 29.5 Å². The monoisotopic (exact) mass is 245 g/mol. The van der Waals surface area contributed by atoms with Crippen LogP contribution in [0.15, 0.2) is 24.3 Å². The van der Waals surface area contributed by atoms with E-state index in [0.717, 1.165) is 51.3 Å². The number of carbonyl (C=O) groups excluding carboxylic acids is 1. The molecule has 0 spiro atoms. The van der Waals surface area contributed by atoms with E-state index >= 15 is 0 Å². The van der Waals surface area contributed by atoms with Gasteiger partial charge in [-0.15, -0.1) is 0 Å². The number of hydrogen-bond donors (Lipinski definition) is 0. The number of rotatable bonds is 4. The van der Waals surface area contributed by atoms with Gasteiger partial charge in [-0.3, -0.25) is 9.69 Å². The van der Waals surface area contributed by atoms with Crippen molar-refractivity contribution in [3.63, 3.8) is 0 Å². The summed E-state index contributed by atoms with van der Waals surface area (Å²) in [4.78, 5) is 14.6. The van der Waals surface area contributed by atoms with Gasteiger partial charge in [-0.1, -0.05) is 24.3 Å². The number of carbonyl (C=O) groups is 1. The van der Waals surface area contributed by atoms with Gasteiger partial charge in [-0.2, -0.15) is 0 Å². The van der Waals surface area contributed by atoms with Gasteiger partial charge in [-0.25, -0.2) is 0 Å². The van der Waals surface area contributed by atoms with E-state index < -0.39 is 0 Å². The van der Waals surface area contributed by atoms with Crippen molar-refractivity contribution in [2.45, 2.75) is 19.4 Å². The Hall–Kier alpha value is -1.19. The number of nitrogens with zero attached hydrogens (tertiary/aromatic N) is 1. The van der Waals surface area contributed by atoms with Gasteiger partial charge >= 0.3 is 0 Å². The van der Waals surface area contributed by atoms with Crippen molar-refractivity contribution >= 4 is 5.78 Å². The summed E-state index contributed by atoms with van der Waals surface area (Å²) in [5.41, 5.74) is 2.11. The van der Waals surface area contributed by atoms with E-state index in [4.69, 9.17) is 4.74 Å². The largest absolute Gasteiger partial charge is 0.379 e. The molecule has 0 N–H and O–H groups in total. The molecule has 18 heavy (non-hydrogen) atoms. The number of benzene rings is 1. The van der Waals surface area contributed by atoms with Crippen LogP contribution in [0, 0.1) is 5.92 Å². The first kappa shape index (κ1) is 11.9. The summed E-state index contributed by atoms with van der Waals surface area (Å²) in [6.07, 6.45) is 2.15. The van der Waals surface area contributed by atoms with Crippen molar-refractivity contribution < 1.29 is 9.53 Å². The molecular weight excluding hydrogens is 226 g/mol. The van der Waals surface area contributed by atoms with Crippen molar-refractivity contribution in [2.75, 3.05) is 26.3 Å². The molecule has 2 aliphatic rings. The van der Waals surface area contributed by atoms with Gasteiger partial charge in [0.25, 0.3) is 0 Å². The Balaban J connectivity index is 1.75. The fourth-order valence-corrected chi connectivity index (χ4v) is 2.46. The minimum Gasteiger partial charge on any atom is -0.379 e. The SMILES string of the molecule is O=C(c1ccccc1CN1CCOCC1)C1CC1. The summed E-state index contributed by atoms with van der Waals surface area (Å²) in [5, 5.41) is 0. The molecule has 0 amide bonds. The molecule has 96 valence electrons. The predicted molar refractivity (Wildman–Crippen MR) is 69.6 cm³/mol. The molecule has 0 radical (unpaired) electrons. The number of ether oxygens (including phenoxy) is 1. The van der Waals surface area contributed by atoms with Gasteiger partial charge in [0, 0.05) is 31.1 Å². The highest BCUT2D eigenvalue weighted by Gasteiger charge is 2.31. The van der Waals surface area contributed by atoms with Gasteiger partial charge in [0.2, 0.25) is 0 Å². The molecule has 1 heterocycles. The van der Waals surface area contributed by atoms with E-state index in [-0.39, 0.29) is 0 Å². The molecule has 3 nitrogen and oxygen atoms in total. The standard InChI is InChI=1S/C15H19NO2/c17-15(12-5-6-12)14-4-2-1-3-13(14)11-16-7-9-18-10-8-16/h1-4,12H,5-11H2. The second-order valence-corrected chi connectivity index (χ2v) is 5.18. The summed E-state index contributed by atoms with van der Waals surface area (Å²) in [5.74, 6) is 0.648. The molecule has 1 aromatic carbocycles. The third-order valence-electron chi connectivity index (χ3n) is 3.73. The molecule has 1 aliphatic heterocycles. The van der Waals surface area contributed by atoms with Crippen LogP contribution >= 0.6 is 0 Å². The van der Waals surface area contributed by atoms with Crippen LogP contribution in [0.2, 0.25) is 0 Å². The van der Waals surface area contributed by atoms with Crippen LogP contribution in [-0.4, -0.2) is 37.0 Å². The highest BCUT2D eigenvalue weighted by molar-refractivity contribution is 6.00. The predicted octanol–water partition coefficient (Wildman–Crippen LogP) is 2.11. The third-order valence-corrected chi connectivity index (χ3v) is 3.73. The lowest BCUT2D eigenvalue weighted by atomic mass is 10.0. The molecule has 1 saturated carbocycles. The first-order valence-electron chi connectivity index (χ1n) is 6.77. The summed E-state index contributed by atoms with van der Waals surface area (Å²) < 4.78 is 5.35. The lowest BCUT2D eigenvalue weighted by molar-refractivity contribution is 0.0341. The van der Waals surface area contributed by atoms with E-state index in [1.807, 2.05) is 18.2 Å². The highest BCUT2D eigenvalue weighted by atomic mass is 16.5. The Morgan fingerprint density at radius 1 is 1.22 bits per heavy atom. The minimum atomic E-state index is 0.302. The van der Waals surface area contributed by atoms with Crippen LogP contribution in [0.3, 0.4) is 0 Å². The third kappa shape index (κ3) is 2.62. The Labute approximate surface area is 108 Å². The zero-order valence-electron chi connectivity index (χ0n) is 10.6. The average molecular weight is 245 g/mol. The Morgan fingerprint density at radius 3 is 2.67 bits per heavy atom. The fraction of sp³-hybridized carbons (Fsp3) is 0.533. The number of morpholine rings is 1. The van der Waals surface area contributed by atoms with Crippen LogP contribution < -0.4 is 0 Å². The molecule has 0 aromatic heterocycles. The Morgan fingerprint density at radius 2 is 1.94 bits per heavy atom. The summed E-state index contributed by atoms with van der Waals surface area (Å²) in [7, 11) is 0. The van der Waals surface area contributed by atoms with Gasteiger partial charge < -0.3 is 4.74 Å². The molecule has 3 rings (SSSR count). The maximum atomic E-state index is 12.2. The normalized spacial score (nSPS) is 20.9. The second kappa shape index (κ2) is 5.21. The quantitative estimate of drug-likeness (QED) is 0.761. The summed E-state index contributed by atoms with van der Waals surface area (Å²) in [6.45, 7) is 4.41. The van der Waals surface area contributed by atoms with E-state index in [2.05, 4.69) is 11.0 Å². The molecule has 3 heteroatoms. The summed E-state index contributed by atoms with van der Waals surface area (Å²) in [6, 6.07) is 8.07. The van der Waals surface area contributed by atoms with Gasteiger partial charge in [0.05, 0.1) is 13.2 Å². The Bertz CT molecular complexity index is 434. The van der Waals surface area contributed by atoms with Crippen molar-refractivity contribution in [2.24, 2.45) is 5.92 Å². The lowest BCUT2D eigenvalue weighted by Crippen LogP contribution is -2.36. The summed E-state index contributed by atoms with van der Waals surface area (Å²) >= 11 is 0. The first-order valence-corrected chi connectivity index (χ1v) is 6.77. The number of Topliss-reactive ketones (excluding diaryl/α,β-unsaturated/α-hetero) is 1. The zero-order valence-corrected chi connectivity index (χ0v) is 10.6. The van der Waals surface area contributed by atoms with E-state index in [0.29, 0.717) is 11.7 Å². The highest BCUT2D eigenvalue weighted by Crippen LogP contribution is 2.33. The van der Waals surface area contributed by atoms with Crippen LogP contribution in [0.1, 0.15) is 28.8 Å². The number of hydrogen-bond acceptors (Lipinski definition) is 3. The zero-order chi connectivity index (χ0) is 12.4. The number of ketones is 1. The van der Waals surface area contributed by atoms with Gasteiger partial charge in [0.1, 0.15) is 0 Å². The molecular formula is C15H19NO2. The first-order chi connectivity index (χ1) is 8.84. The molecule has 0 bridgehead atoms. The van der Waals surface area contributed by atoms with Crippen molar-refractivity contribution in [3.8, 4) is 0 Å². The second-order valence-electron chi connectivity index (χ2n) is 5.18. The molecule has 1 saturated heterocycles. The molecule has 0 atom stereocenters. The minimum absolute atomic E-state index is 0.302. The van der Waals surface area contributed by atoms with Crippen LogP contribution in [-0.2, 0) is 11.3 Å². The van der Waals surface area contributed by atoms with Crippen molar-refractivity contribution in [3.05, 3.63) is 35.4 Å².